The highest BCUT2D eigenvalue weighted by Gasteiger charge is 2.24. The molecule has 14 heavy (non-hydrogen) atoms. The smallest absolute Gasteiger partial charge is 0.224 e. The Bertz CT molecular complexity index is 176. The van der Waals surface area contributed by atoms with Crippen LogP contribution < -0.4 is 5.32 Å². The van der Waals surface area contributed by atoms with Crippen LogP contribution in [-0.4, -0.2) is 37.0 Å². The number of amides is 1. The lowest BCUT2D eigenvalue weighted by Gasteiger charge is -2.27. The molecular weight excluding hydrogens is 176 g/mol. The molecule has 0 saturated heterocycles. The van der Waals surface area contributed by atoms with E-state index in [1.807, 2.05) is 7.05 Å². The van der Waals surface area contributed by atoms with Gasteiger partial charge in [0, 0.05) is 25.6 Å². The second kappa shape index (κ2) is 6.02. The molecule has 0 aromatic heterocycles. The van der Waals surface area contributed by atoms with Crippen molar-refractivity contribution in [2.75, 3.05) is 20.1 Å². The molecule has 0 radical (unpaired) electrons. The van der Waals surface area contributed by atoms with Gasteiger partial charge in [0.05, 0.1) is 0 Å². The van der Waals surface area contributed by atoms with E-state index in [1.54, 1.807) is 0 Å². The summed E-state index contributed by atoms with van der Waals surface area (Å²) in [5.74, 6) is 0.314. The highest BCUT2D eigenvalue weighted by Crippen LogP contribution is 2.23. The topological polar surface area (TPSA) is 32.3 Å². The van der Waals surface area contributed by atoms with Crippen molar-refractivity contribution in [1.82, 2.24) is 10.2 Å². The molecular formula is C11H22N2O. The lowest BCUT2D eigenvalue weighted by molar-refractivity contribution is -0.133. The fourth-order valence-corrected chi connectivity index (χ4v) is 2.23. The molecule has 0 spiro atoms. The first-order valence-electron chi connectivity index (χ1n) is 5.73. The minimum Gasteiger partial charge on any atom is -0.340 e. The van der Waals surface area contributed by atoms with Gasteiger partial charge < -0.3 is 10.2 Å². The minimum atomic E-state index is 0.314. The van der Waals surface area contributed by atoms with Gasteiger partial charge in [0.2, 0.25) is 5.91 Å². The summed E-state index contributed by atoms with van der Waals surface area (Å²) in [6, 6.07) is 0.532. The van der Waals surface area contributed by atoms with Gasteiger partial charge in [-0.05, 0) is 26.8 Å². The number of nitrogens with one attached hydrogen (secondary N) is 1. The van der Waals surface area contributed by atoms with Gasteiger partial charge in [0.25, 0.3) is 0 Å². The van der Waals surface area contributed by atoms with Crippen molar-refractivity contribution < 1.29 is 4.79 Å². The zero-order valence-corrected chi connectivity index (χ0v) is 9.38. The number of hydrogen-bond donors (Lipinski definition) is 1. The number of nitrogens with zero attached hydrogens (tertiary/aromatic N) is 1. The van der Waals surface area contributed by atoms with Gasteiger partial charge in [-0.3, -0.25) is 4.79 Å². The summed E-state index contributed by atoms with van der Waals surface area (Å²) < 4.78 is 0. The summed E-state index contributed by atoms with van der Waals surface area (Å²) in [5.41, 5.74) is 0. The third kappa shape index (κ3) is 2.98. The number of hydrogen-bond acceptors (Lipinski definition) is 2. The van der Waals surface area contributed by atoms with Crippen LogP contribution in [0.4, 0.5) is 0 Å². The lowest BCUT2D eigenvalue weighted by atomic mass is 10.2. The molecule has 1 fully saturated rings. The lowest BCUT2D eigenvalue weighted by Crippen LogP contribution is -2.39. The van der Waals surface area contributed by atoms with Crippen LogP contribution in [-0.2, 0) is 4.79 Å². The SMILES string of the molecule is CCN(C(=O)CCNC)C1CCCC1. The van der Waals surface area contributed by atoms with Gasteiger partial charge in [-0.15, -0.1) is 0 Å². The summed E-state index contributed by atoms with van der Waals surface area (Å²) in [6.45, 7) is 3.74. The second-order valence-electron chi connectivity index (χ2n) is 3.97. The Kier molecular flexibility index (Phi) is 4.94. The third-order valence-corrected chi connectivity index (χ3v) is 3.02. The molecule has 0 atom stereocenters. The zero-order chi connectivity index (χ0) is 10.4. The van der Waals surface area contributed by atoms with Crippen molar-refractivity contribution in [1.29, 1.82) is 0 Å². The molecule has 3 heteroatoms. The second-order valence-corrected chi connectivity index (χ2v) is 3.97. The summed E-state index contributed by atoms with van der Waals surface area (Å²) in [4.78, 5) is 13.9. The van der Waals surface area contributed by atoms with Crippen LogP contribution in [0.1, 0.15) is 39.0 Å². The van der Waals surface area contributed by atoms with Crippen LogP contribution in [0.5, 0.6) is 0 Å². The molecule has 1 aliphatic rings. The predicted octanol–water partition coefficient (Wildman–Crippen LogP) is 1.39. The Balaban J connectivity index is 2.39. The Hall–Kier alpha value is -0.570. The molecule has 1 saturated carbocycles. The van der Waals surface area contributed by atoms with E-state index < -0.39 is 0 Å². The average molecular weight is 198 g/mol. The van der Waals surface area contributed by atoms with E-state index in [4.69, 9.17) is 0 Å². The Morgan fingerprint density at radius 3 is 2.57 bits per heavy atom. The fraction of sp³-hybridized carbons (Fsp3) is 0.909. The highest BCUT2D eigenvalue weighted by molar-refractivity contribution is 5.76. The van der Waals surface area contributed by atoms with Gasteiger partial charge in [-0.25, -0.2) is 0 Å². The molecule has 0 heterocycles. The van der Waals surface area contributed by atoms with Crippen molar-refractivity contribution in [2.45, 2.75) is 45.1 Å². The average Bonchev–Trinajstić information content (AvgIpc) is 2.69. The van der Waals surface area contributed by atoms with Crippen molar-refractivity contribution in [3.8, 4) is 0 Å². The Morgan fingerprint density at radius 1 is 1.43 bits per heavy atom. The molecule has 0 unspecified atom stereocenters. The third-order valence-electron chi connectivity index (χ3n) is 3.02. The fourth-order valence-electron chi connectivity index (χ4n) is 2.23. The van der Waals surface area contributed by atoms with Gasteiger partial charge in [0.1, 0.15) is 0 Å². The molecule has 1 aliphatic carbocycles. The van der Waals surface area contributed by atoms with Crippen molar-refractivity contribution >= 4 is 5.91 Å². The molecule has 1 amide bonds. The summed E-state index contributed by atoms with van der Waals surface area (Å²) in [5, 5.41) is 3.02. The maximum atomic E-state index is 11.8. The molecule has 3 nitrogen and oxygen atoms in total. The number of rotatable bonds is 5. The first-order valence-corrected chi connectivity index (χ1v) is 5.73. The van der Waals surface area contributed by atoms with Crippen molar-refractivity contribution in [2.24, 2.45) is 0 Å². The Morgan fingerprint density at radius 2 is 2.07 bits per heavy atom. The maximum absolute atomic E-state index is 11.8. The van der Waals surface area contributed by atoms with E-state index in [2.05, 4.69) is 17.1 Å². The van der Waals surface area contributed by atoms with Crippen molar-refractivity contribution in [3.05, 3.63) is 0 Å². The van der Waals surface area contributed by atoms with Crippen LogP contribution in [0, 0.1) is 0 Å². The normalized spacial score (nSPS) is 17.3. The van der Waals surface area contributed by atoms with Crippen molar-refractivity contribution in [3.63, 3.8) is 0 Å². The summed E-state index contributed by atoms with van der Waals surface area (Å²) >= 11 is 0. The van der Waals surface area contributed by atoms with Crippen LogP contribution in [0.3, 0.4) is 0 Å². The van der Waals surface area contributed by atoms with Gasteiger partial charge in [0.15, 0.2) is 0 Å². The maximum Gasteiger partial charge on any atom is 0.224 e. The summed E-state index contributed by atoms with van der Waals surface area (Å²) in [7, 11) is 1.89. The highest BCUT2D eigenvalue weighted by atomic mass is 16.2. The van der Waals surface area contributed by atoms with Crippen LogP contribution in [0.15, 0.2) is 0 Å². The predicted molar refractivity (Wildman–Crippen MR) is 58.2 cm³/mol. The molecule has 1 rings (SSSR count). The van der Waals surface area contributed by atoms with Gasteiger partial charge in [-0.1, -0.05) is 12.8 Å². The van der Waals surface area contributed by atoms with Gasteiger partial charge in [-0.2, -0.15) is 0 Å². The molecule has 1 N–H and O–H groups in total. The van der Waals surface area contributed by atoms with E-state index in [0.717, 1.165) is 13.1 Å². The standard InChI is InChI=1S/C11H22N2O/c1-3-13(10-6-4-5-7-10)11(14)8-9-12-2/h10,12H,3-9H2,1-2H3. The minimum absolute atomic E-state index is 0.314. The van der Waals surface area contributed by atoms with E-state index in [0.29, 0.717) is 18.4 Å². The van der Waals surface area contributed by atoms with E-state index in [-0.39, 0.29) is 0 Å². The molecule has 0 aliphatic heterocycles. The van der Waals surface area contributed by atoms with E-state index in [9.17, 15) is 4.79 Å². The van der Waals surface area contributed by atoms with Crippen LogP contribution >= 0.6 is 0 Å². The number of carbonyl (C=O) groups excluding carboxylic acids is 1. The molecule has 0 bridgehead atoms. The van der Waals surface area contributed by atoms with Crippen LogP contribution in [0.2, 0.25) is 0 Å². The summed E-state index contributed by atoms with van der Waals surface area (Å²) in [6.07, 6.45) is 5.64. The Labute approximate surface area is 86.9 Å². The van der Waals surface area contributed by atoms with E-state index >= 15 is 0 Å². The first-order chi connectivity index (χ1) is 6.79. The monoisotopic (exact) mass is 198 g/mol. The molecule has 0 aromatic rings. The first kappa shape index (κ1) is 11.5. The molecule has 82 valence electrons. The quantitative estimate of drug-likeness (QED) is 0.724. The van der Waals surface area contributed by atoms with Gasteiger partial charge >= 0.3 is 0 Å². The van der Waals surface area contributed by atoms with E-state index in [1.165, 1.54) is 25.7 Å². The zero-order valence-electron chi connectivity index (χ0n) is 9.38. The van der Waals surface area contributed by atoms with Crippen LogP contribution in [0.25, 0.3) is 0 Å². The largest absolute Gasteiger partial charge is 0.340 e. The number of carbonyl (C=O) groups is 1. The molecule has 0 aromatic carbocycles.